The smallest absolute Gasteiger partial charge is 0.225 e. The first-order chi connectivity index (χ1) is 10.2. The molecule has 1 aliphatic heterocycles. The molecule has 6 nitrogen and oxygen atoms in total. The highest BCUT2D eigenvalue weighted by molar-refractivity contribution is 5.80. The number of amides is 1. The standard InChI is InChI=1S/C15H24N4O2/c1-10-7-16-8-11(10)15(21)18-13-3-2-4-14-12(13)9-17-19(14)5-6-20/h9-11,13,16,20H,2-8H2,1H3,(H,18,21). The lowest BCUT2D eigenvalue weighted by atomic mass is 9.91. The lowest BCUT2D eigenvalue weighted by Crippen LogP contribution is -2.38. The van der Waals surface area contributed by atoms with Crippen molar-refractivity contribution in [1.29, 1.82) is 0 Å². The predicted octanol–water partition coefficient (Wildman–Crippen LogP) is 0.225. The summed E-state index contributed by atoms with van der Waals surface area (Å²) in [4.78, 5) is 12.4. The van der Waals surface area contributed by atoms with E-state index in [0.29, 0.717) is 12.5 Å². The molecule has 21 heavy (non-hydrogen) atoms. The largest absolute Gasteiger partial charge is 0.394 e. The van der Waals surface area contributed by atoms with Gasteiger partial charge in [0, 0.05) is 17.8 Å². The maximum atomic E-state index is 12.4. The third-order valence-corrected chi connectivity index (χ3v) is 4.75. The number of aliphatic hydroxyl groups excluding tert-OH is 1. The van der Waals surface area contributed by atoms with Gasteiger partial charge in [0.25, 0.3) is 0 Å². The summed E-state index contributed by atoms with van der Waals surface area (Å²) in [6, 6.07) is 0.0708. The van der Waals surface area contributed by atoms with E-state index in [1.54, 1.807) is 0 Å². The molecule has 1 aromatic rings. The Balaban J connectivity index is 1.72. The minimum Gasteiger partial charge on any atom is -0.394 e. The van der Waals surface area contributed by atoms with Crippen LogP contribution < -0.4 is 10.6 Å². The number of carbonyl (C=O) groups is 1. The Hall–Kier alpha value is -1.40. The Morgan fingerprint density at radius 3 is 3.14 bits per heavy atom. The summed E-state index contributed by atoms with van der Waals surface area (Å²) in [5.74, 6) is 0.619. The molecule has 116 valence electrons. The summed E-state index contributed by atoms with van der Waals surface area (Å²) < 4.78 is 1.87. The van der Waals surface area contributed by atoms with Crippen LogP contribution in [0.2, 0.25) is 0 Å². The molecule has 3 N–H and O–H groups in total. The maximum Gasteiger partial charge on any atom is 0.225 e. The zero-order chi connectivity index (χ0) is 14.8. The lowest BCUT2D eigenvalue weighted by molar-refractivity contribution is -0.126. The monoisotopic (exact) mass is 292 g/mol. The number of hydrogen-bond acceptors (Lipinski definition) is 4. The van der Waals surface area contributed by atoms with Gasteiger partial charge in [0.05, 0.1) is 31.3 Å². The van der Waals surface area contributed by atoms with Crippen molar-refractivity contribution in [3.63, 3.8) is 0 Å². The molecule has 1 aliphatic carbocycles. The fourth-order valence-corrected chi connectivity index (χ4v) is 3.50. The van der Waals surface area contributed by atoms with E-state index in [-0.39, 0.29) is 24.5 Å². The molecule has 0 aromatic carbocycles. The molecule has 0 saturated carbocycles. The average molecular weight is 292 g/mol. The van der Waals surface area contributed by atoms with Gasteiger partial charge in [-0.15, -0.1) is 0 Å². The van der Waals surface area contributed by atoms with E-state index in [9.17, 15) is 4.79 Å². The number of carbonyl (C=O) groups excluding carboxylic acids is 1. The summed E-state index contributed by atoms with van der Waals surface area (Å²) in [6.45, 7) is 4.44. The van der Waals surface area contributed by atoms with Crippen LogP contribution in [0.3, 0.4) is 0 Å². The third kappa shape index (κ3) is 2.82. The van der Waals surface area contributed by atoms with Crippen molar-refractivity contribution in [1.82, 2.24) is 20.4 Å². The molecule has 6 heteroatoms. The molecule has 1 saturated heterocycles. The number of hydrogen-bond donors (Lipinski definition) is 3. The molecule has 3 rings (SSSR count). The fraction of sp³-hybridized carbons (Fsp3) is 0.733. The fourth-order valence-electron chi connectivity index (χ4n) is 3.50. The van der Waals surface area contributed by atoms with Gasteiger partial charge in [0.2, 0.25) is 5.91 Å². The molecular weight excluding hydrogens is 268 g/mol. The van der Waals surface area contributed by atoms with E-state index < -0.39 is 0 Å². The molecule has 0 spiro atoms. The molecule has 3 atom stereocenters. The Labute approximate surface area is 124 Å². The van der Waals surface area contributed by atoms with Crippen molar-refractivity contribution in [2.24, 2.45) is 11.8 Å². The second-order valence-electron chi connectivity index (χ2n) is 6.19. The van der Waals surface area contributed by atoms with Gasteiger partial charge in [-0.1, -0.05) is 6.92 Å². The first-order valence-corrected chi connectivity index (χ1v) is 7.87. The Morgan fingerprint density at radius 2 is 2.43 bits per heavy atom. The molecule has 1 fully saturated rings. The Kier molecular flexibility index (Phi) is 4.26. The molecule has 2 heterocycles. The van der Waals surface area contributed by atoms with Crippen LogP contribution in [-0.2, 0) is 17.8 Å². The van der Waals surface area contributed by atoms with Crippen molar-refractivity contribution >= 4 is 5.91 Å². The van der Waals surface area contributed by atoms with E-state index in [1.165, 1.54) is 0 Å². The summed E-state index contributed by atoms with van der Waals surface area (Å²) in [6.07, 6.45) is 4.85. The number of aromatic nitrogens is 2. The quantitative estimate of drug-likeness (QED) is 0.742. The second kappa shape index (κ2) is 6.15. The zero-order valence-corrected chi connectivity index (χ0v) is 12.5. The summed E-state index contributed by atoms with van der Waals surface area (Å²) in [5.41, 5.74) is 2.29. The van der Waals surface area contributed by atoms with E-state index in [1.807, 2.05) is 10.9 Å². The normalized spacial score (nSPS) is 28.4. The highest BCUT2D eigenvalue weighted by atomic mass is 16.3. The van der Waals surface area contributed by atoms with Gasteiger partial charge in [-0.2, -0.15) is 5.10 Å². The van der Waals surface area contributed by atoms with Crippen molar-refractivity contribution in [2.45, 2.75) is 38.8 Å². The molecule has 0 radical (unpaired) electrons. The number of aliphatic hydroxyl groups is 1. The van der Waals surface area contributed by atoms with Crippen LogP contribution in [0.15, 0.2) is 6.20 Å². The van der Waals surface area contributed by atoms with Crippen molar-refractivity contribution < 1.29 is 9.90 Å². The highest BCUT2D eigenvalue weighted by Crippen LogP contribution is 2.30. The average Bonchev–Trinajstić information content (AvgIpc) is 3.07. The van der Waals surface area contributed by atoms with Crippen molar-refractivity contribution in [3.8, 4) is 0 Å². The SMILES string of the molecule is CC1CNCC1C(=O)NC1CCCc2c1cnn2CCO. The van der Waals surface area contributed by atoms with Gasteiger partial charge < -0.3 is 15.7 Å². The van der Waals surface area contributed by atoms with Crippen LogP contribution in [0.4, 0.5) is 0 Å². The summed E-state index contributed by atoms with van der Waals surface area (Å²) >= 11 is 0. The van der Waals surface area contributed by atoms with Crippen LogP contribution >= 0.6 is 0 Å². The summed E-state index contributed by atoms with van der Waals surface area (Å²) in [7, 11) is 0. The van der Waals surface area contributed by atoms with Crippen molar-refractivity contribution in [3.05, 3.63) is 17.5 Å². The summed E-state index contributed by atoms with van der Waals surface area (Å²) in [5, 5.41) is 19.9. The van der Waals surface area contributed by atoms with E-state index in [0.717, 1.165) is 43.6 Å². The predicted molar refractivity (Wildman–Crippen MR) is 78.7 cm³/mol. The van der Waals surface area contributed by atoms with E-state index in [2.05, 4.69) is 22.7 Å². The van der Waals surface area contributed by atoms with Crippen LogP contribution in [0.25, 0.3) is 0 Å². The highest BCUT2D eigenvalue weighted by Gasteiger charge is 2.32. The molecule has 3 unspecified atom stereocenters. The molecular formula is C15H24N4O2. The van der Waals surface area contributed by atoms with Gasteiger partial charge in [-0.05, 0) is 31.7 Å². The number of fused-ring (bicyclic) bond motifs is 1. The van der Waals surface area contributed by atoms with Crippen LogP contribution in [-0.4, -0.2) is 40.5 Å². The van der Waals surface area contributed by atoms with Gasteiger partial charge in [-0.25, -0.2) is 0 Å². The third-order valence-electron chi connectivity index (χ3n) is 4.75. The number of rotatable bonds is 4. The van der Waals surface area contributed by atoms with Gasteiger partial charge in [-0.3, -0.25) is 9.48 Å². The second-order valence-corrected chi connectivity index (χ2v) is 6.19. The maximum absolute atomic E-state index is 12.4. The minimum absolute atomic E-state index is 0.0708. The molecule has 1 aromatic heterocycles. The van der Waals surface area contributed by atoms with Gasteiger partial charge in [0.15, 0.2) is 0 Å². The van der Waals surface area contributed by atoms with E-state index in [4.69, 9.17) is 5.11 Å². The zero-order valence-electron chi connectivity index (χ0n) is 12.5. The molecule has 0 bridgehead atoms. The van der Waals surface area contributed by atoms with Gasteiger partial charge in [0.1, 0.15) is 0 Å². The number of nitrogens with one attached hydrogen (secondary N) is 2. The number of nitrogens with zero attached hydrogens (tertiary/aromatic N) is 2. The van der Waals surface area contributed by atoms with E-state index >= 15 is 0 Å². The van der Waals surface area contributed by atoms with Crippen LogP contribution in [0.5, 0.6) is 0 Å². The van der Waals surface area contributed by atoms with Gasteiger partial charge >= 0.3 is 0 Å². The lowest BCUT2D eigenvalue weighted by Gasteiger charge is -2.26. The first kappa shape index (κ1) is 14.5. The van der Waals surface area contributed by atoms with Crippen LogP contribution in [0, 0.1) is 11.8 Å². The molecule has 1 amide bonds. The van der Waals surface area contributed by atoms with Crippen molar-refractivity contribution in [2.75, 3.05) is 19.7 Å². The minimum atomic E-state index is 0.0708. The first-order valence-electron chi connectivity index (χ1n) is 7.87. The topological polar surface area (TPSA) is 79.2 Å². The molecule has 2 aliphatic rings. The van der Waals surface area contributed by atoms with Crippen LogP contribution in [0.1, 0.15) is 37.1 Å². The Bertz CT molecular complexity index is 514. The Morgan fingerprint density at radius 1 is 1.57 bits per heavy atom.